The topological polar surface area (TPSA) is 44.1 Å². The van der Waals surface area contributed by atoms with E-state index in [1.54, 1.807) is 0 Å². The molecule has 0 atom stereocenters. The molecule has 0 spiro atoms. The maximum Gasteiger partial charge on any atom is 0.573 e. The van der Waals surface area contributed by atoms with Gasteiger partial charge in [0.05, 0.1) is 16.3 Å². The second-order valence-corrected chi connectivity index (χ2v) is 8.78. The lowest BCUT2D eigenvalue weighted by molar-refractivity contribution is -0.274. The Labute approximate surface area is 179 Å². The normalized spacial score (nSPS) is 13.3. The number of ether oxygens (including phenoxy) is 1. The van der Waals surface area contributed by atoms with Gasteiger partial charge in [0, 0.05) is 17.9 Å². The molecule has 3 aromatic rings. The first-order valence-electron chi connectivity index (χ1n) is 9.13. The maximum atomic E-state index is 13.1. The third-order valence-corrected chi connectivity index (χ3v) is 6.56. The highest BCUT2D eigenvalue weighted by atomic mass is 32.2. The molecule has 0 N–H and O–H groups in total. The van der Waals surface area contributed by atoms with E-state index in [2.05, 4.69) is 10.8 Å². The molecule has 0 saturated carbocycles. The van der Waals surface area contributed by atoms with Gasteiger partial charge in [-0.1, -0.05) is 41.6 Å². The van der Waals surface area contributed by atoms with Crippen LogP contribution >= 0.6 is 23.5 Å². The van der Waals surface area contributed by atoms with E-state index in [1.165, 1.54) is 52.4 Å². The number of hydrogen-bond donors (Lipinski definition) is 0. The van der Waals surface area contributed by atoms with Crippen LogP contribution in [0.15, 0.2) is 63.4 Å². The van der Waals surface area contributed by atoms with Crippen molar-refractivity contribution in [1.29, 1.82) is 0 Å². The smallest absolute Gasteiger partial charge is 0.406 e. The molecule has 0 unspecified atom stereocenters. The minimum atomic E-state index is -4.76. The van der Waals surface area contributed by atoms with Gasteiger partial charge in [-0.25, -0.2) is 4.98 Å². The van der Waals surface area contributed by atoms with Crippen LogP contribution in [0, 0.1) is 6.92 Å². The third-order valence-electron chi connectivity index (χ3n) is 4.45. The fourth-order valence-electron chi connectivity index (χ4n) is 3.16. The first kappa shape index (κ1) is 20.9. The molecule has 9 heteroatoms. The Hall–Kier alpha value is -2.39. The van der Waals surface area contributed by atoms with Crippen LogP contribution in [0.2, 0.25) is 0 Å². The van der Waals surface area contributed by atoms with Gasteiger partial charge in [-0.3, -0.25) is 9.36 Å². The molecule has 1 aliphatic heterocycles. The van der Waals surface area contributed by atoms with E-state index in [9.17, 15) is 18.0 Å². The predicted molar refractivity (Wildman–Crippen MR) is 112 cm³/mol. The molecule has 4 nitrogen and oxygen atoms in total. The average Bonchev–Trinajstić information content (AvgIpc) is 3.15. The van der Waals surface area contributed by atoms with E-state index in [4.69, 9.17) is 4.98 Å². The van der Waals surface area contributed by atoms with E-state index in [-0.39, 0.29) is 11.3 Å². The minimum Gasteiger partial charge on any atom is -0.406 e. The van der Waals surface area contributed by atoms with Crippen molar-refractivity contribution < 1.29 is 17.9 Å². The van der Waals surface area contributed by atoms with E-state index < -0.39 is 6.36 Å². The van der Waals surface area contributed by atoms with Crippen molar-refractivity contribution in [3.63, 3.8) is 0 Å². The molecule has 1 aliphatic rings. The van der Waals surface area contributed by atoms with Gasteiger partial charge in [0.25, 0.3) is 5.56 Å². The molecule has 156 valence electrons. The van der Waals surface area contributed by atoms with Crippen LogP contribution in [0.1, 0.15) is 16.8 Å². The summed E-state index contributed by atoms with van der Waals surface area (Å²) >= 11 is 2.89. The van der Waals surface area contributed by atoms with Crippen LogP contribution in [-0.4, -0.2) is 21.7 Å². The van der Waals surface area contributed by atoms with Crippen LogP contribution < -0.4 is 10.3 Å². The summed E-state index contributed by atoms with van der Waals surface area (Å²) in [7, 11) is 0. The molecule has 1 aromatic heterocycles. The van der Waals surface area contributed by atoms with Gasteiger partial charge in [-0.15, -0.1) is 24.9 Å². The predicted octanol–water partition coefficient (Wildman–Crippen LogP) is 5.38. The van der Waals surface area contributed by atoms with Crippen LogP contribution in [0.5, 0.6) is 5.75 Å². The molecule has 2 heterocycles. The van der Waals surface area contributed by atoms with E-state index in [0.29, 0.717) is 21.5 Å². The summed E-state index contributed by atoms with van der Waals surface area (Å²) in [5.74, 6) is 1.08. The molecule has 0 fully saturated rings. The van der Waals surface area contributed by atoms with Crippen molar-refractivity contribution in [3.05, 3.63) is 75.7 Å². The Morgan fingerprint density at radius 2 is 1.97 bits per heavy atom. The lowest BCUT2D eigenvalue weighted by Gasteiger charge is -2.15. The maximum absolute atomic E-state index is 13.1. The van der Waals surface area contributed by atoms with Crippen molar-refractivity contribution in [3.8, 4) is 11.4 Å². The van der Waals surface area contributed by atoms with Crippen LogP contribution in [0.25, 0.3) is 5.69 Å². The zero-order valence-corrected chi connectivity index (χ0v) is 17.5. The summed E-state index contributed by atoms with van der Waals surface area (Å²) < 4.78 is 42.7. The van der Waals surface area contributed by atoms with Gasteiger partial charge in [-0.2, -0.15) is 0 Å². The first-order valence-corrected chi connectivity index (χ1v) is 11.1. The standard InChI is InChI=1S/C21H17F3N2O2S2/c1-13-3-2-4-14(11-13)12-30-20-25-17-9-10-29-18(17)19(27)26(20)15-5-7-16(8-6-15)28-21(22,23)24/h2-8,11H,9-10,12H2,1H3. The molecule has 0 bridgehead atoms. The fourth-order valence-corrected chi connectivity index (χ4v) is 5.16. The summed E-state index contributed by atoms with van der Waals surface area (Å²) in [6, 6.07) is 13.3. The zero-order valence-electron chi connectivity index (χ0n) is 15.9. The summed E-state index contributed by atoms with van der Waals surface area (Å²) in [6.45, 7) is 2.01. The molecule has 0 aliphatic carbocycles. The van der Waals surface area contributed by atoms with E-state index in [0.717, 1.165) is 29.0 Å². The Bertz CT molecular complexity index is 1130. The SMILES string of the molecule is Cc1cccc(CSc2nc3c(c(=O)n2-c2ccc(OC(F)(F)F)cc2)SCC3)c1. The number of rotatable bonds is 5. The number of benzene rings is 2. The van der Waals surface area contributed by atoms with Crippen LogP contribution in [0.3, 0.4) is 0 Å². The van der Waals surface area contributed by atoms with Gasteiger partial charge in [0.15, 0.2) is 5.16 Å². The zero-order chi connectivity index (χ0) is 21.3. The Morgan fingerprint density at radius 3 is 2.67 bits per heavy atom. The summed E-state index contributed by atoms with van der Waals surface area (Å²) in [5, 5.41) is 0.521. The molecule has 30 heavy (non-hydrogen) atoms. The first-order chi connectivity index (χ1) is 14.3. The molecule has 4 rings (SSSR count). The van der Waals surface area contributed by atoms with Gasteiger partial charge in [0.1, 0.15) is 5.75 Å². The highest BCUT2D eigenvalue weighted by Crippen LogP contribution is 2.32. The second kappa shape index (κ2) is 8.39. The van der Waals surface area contributed by atoms with Crippen molar-refractivity contribution >= 4 is 23.5 Å². The number of alkyl halides is 3. The monoisotopic (exact) mass is 450 g/mol. The number of nitrogens with zero attached hydrogens (tertiary/aromatic N) is 2. The van der Waals surface area contributed by atoms with Crippen molar-refractivity contribution in [1.82, 2.24) is 9.55 Å². The third kappa shape index (κ3) is 4.67. The lowest BCUT2D eigenvalue weighted by atomic mass is 10.2. The van der Waals surface area contributed by atoms with Crippen LogP contribution in [-0.2, 0) is 12.2 Å². The van der Waals surface area contributed by atoms with Crippen molar-refractivity contribution in [2.45, 2.75) is 35.5 Å². The van der Waals surface area contributed by atoms with E-state index >= 15 is 0 Å². The lowest BCUT2D eigenvalue weighted by Crippen LogP contribution is -2.24. The van der Waals surface area contributed by atoms with Crippen molar-refractivity contribution in [2.24, 2.45) is 0 Å². The number of aryl methyl sites for hydroxylation is 2. The quantitative estimate of drug-likeness (QED) is 0.386. The van der Waals surface area contributed by atoms with Gasteiger partial charge in [-0.05, 0) is 36.8 Å². The van der Waals surface area contributed by atoms with E-state index in [1.807, 2.05) is 25.1 Å². The van der Waals surface area contributed by atoms with Crippen LogP contribution in [0.4, 0.5) is 13.2 Å². The summed E-state index contributed by atoms with van der Waals surface area (Å²) in [6.07, 6.45) is -4.04. The largest absolute Gasteiger partial charge is 0.573 e. The molecular weight excluding hydrogens is 433 g/mol. The van der Waals surface area contributed by atoms with Crippen molar-refractivity contribution in [2.75, 3.05) is 5.75 Å². The molecule has 0 amide bonds. The number of thioether (sulfide) groups is 2. The Kier molecular flexibility index (Phi) is 5.84. The average molecular weight is 451 g/mol. The minimum absolute atomic E-state index is 0.196. The summed E-state index contributed by atoms with van der Waals surface area (Å²) in [4.78, 5) is 18.4. The number of fused-ring (bicyclic) bond motifs is 1. The second-order valence-electron chi connectivity index (χ2n) is 6.73. The molecular formula is C21H17F3N2O2S2. The number of hydrogen-bond acceptors (Lipinski definition) is 5. The molecule has 0 saturated heterocycles. The van der Waals surface area contributed by atoms with Gasteiger partial charge in [0.2, 0.25) is 0 Å². The Balaban J connectivity index is 1.70. The summed E-state index contributed by atoms with van der Waals surface area (Å²) in [5.41, 5.74) is 3.28. The Morgan fingerprint density at radius 1 is 1.20 bits per heavy atom. The van der Waals surface area contributed by atoms with Gasteiger partial charge < -0.3 is 4.74 Å². The highest BCUT2D eigenvalue weighted by molar-refractivity contribution is 7.99. The number of halogens is 3. The molecule has 0 radical (unpaired) electrons. The highest BCUT2D eigenvalue weighted by Gasteiger charge is 2.31. The van der Waals surface area contributed by atoms with Gasteiger partial charge >= 0.3 is 6.36 Å². The number of aromatic nitrogens is 2. The fraction of sp³-hybridized carbons (Fsp3) is 0.238. The molecule has 2 aromatic carbocycles.